The van der Waals surface area contributed by atoms with Gasteiger partial charge in [-0.3, -0.25) is 0 Å². The monoisotopic (exact) mass is 327 g/mol. The molecule has 1 heterocycles. The van der Waals surface area contributed by atoms with Gasteiger partial charge in [0, 0.05) is 17.3 Å². The van der Waals surface area contributed by atoms with Gasteiger partial charge in [-0.1, -0.05) is 6.92 Å². The van der Waals surface area contributed by atoms with Gasteiger partial charge in [-0.25, -0.2) is 19.2 Å². The van der Waals surface area contributed by atoms with Crippen molar-refractivity contribution in [3.8, 4) is 0 Å². The van der Waals surface area contributed by atoms with Crippen molar-refractivity contribution in [2.75, 3.05) is 13.2 Å². The number of rotatable bonds is 6. The Morgan fingerprint density at radius 2 is 1.26 bits per heavy atom. The number of esters is 2. The zero-order chi connectivity index (χ0) is 17.7. The molecule has 3 N–H and O–H groups in total. The van der Waals surface area contributed by atoms with Crippen molar-refractivity contribution in [2.45, 2.75) is 20.8 Å². The average molecular weight is 327 g/mol. The van der Waals surface area contributed by atoms with Crippen LogP contribution in [-0.2, 0) is 28.7 Å². The fourth-order valence-electron chi connectivity index (χ4n) is 2.28. The molecule has 9 heteroatoms. The Hall–Kier alpha value is -2.84. The normalized spacial score (nSPS) is 15.1. The number of hydrogen-bond acceptors (Lipinski definition) is 7. The summed E-state index contributed by atoms with van der Waals surface area (Å²) >= 11 is 0. The third kappa shape index (κ3) is 4.56. The van der Waals surface area contributed by atoms with Crippen LogP contribution in [0.2, 0.25) is 0 Å². The molecule has 0 spiro atoms. The van der Waals surface area contributed by atoms with E-state index in [0.717, 1.165) is 0 Å². The summed E-state index contributed by atoms with van der Waals surface area (Å²) in [6, 6.07) is 0. The van der Waals surface area contributed by atoms with Crippen LogP contribution in [0.1, 0.15) is 20.8 Å². The molecule has 9 nitrogen and oxygen atoms in total. The highest BCUT2D eigenvalue weighted by atomic mass is 16.6. The summed E-state index contributed by atoms with van der Waals surface area (Å²) in [5.74, 6) is -5.10. The van der Waals surface area contributed by atoms with E-state index in [1.54, 1.807) is 20.8 Å². The molecule has 0 radical (unpaired) electrons. The molecule has 0 aromatic rings. The summed E-state index contributed by atoms with van der Waals surface area (Å²) in [6.45, 7) is 3.10. The first kappa shape index (κ1) is 18.2. The Bertz CT molecular complexity index is 564. The van der Waals surface area contributed by atoms with Crippen LogP contribution in [0.4, 0.5) is 0 Å². The summed E-state index contributed by atoms with van der Waals surface area (Å²) in [6.07, 6.45) is 0. The van der Waals surface area contributed by atoms with Gasteiger partial charge >= 0.3 is 23.9 Å². The number of allylic oxidation sites excluding steroid dienone is 2. The van der Waals surface area contributed by atoms with Crippen LogP contribution in [0.3, 0.4) is 0 Å². The van der Waals surface area contributed by atoms with Crippen molar-refractivity contribution in [1.82, 2.24) is 5.32 Å². The van der Waals surface area contributed by atoms with Gasteiger partial charge in [-0.15, -0.1) is 0 Å². The van der Waals surface area contributed by atoms with Gasteiger partial charge in [0.05, 0.1) is 11.1 Å². The van der Waals surface area contributed by atoms with E-state index < -0.39 is 43.0 Å². The maximum atomic E-state index is 12.0. The Morgan fingerprint density at radius 3 is 1.57 bits per heavy atom. The summed E-state index contributed by atoms with van der Waals surface area (Å²) in [7, 11) is 0. The van der Waals surface area contributed by atoms with Gasteiger partial charge in [0.1, 0.15) is 0 Å². The second-order valence-electron chi connectivity index (χ2n) is 4.86. The van der Waals surface area contributed by atoms with Crippen molar-refractivity contribution in [1.29, 1.82) is 0 Å². The van der Waals surface area contributed by atoms with Crippen molar-refractivity contribution in [3.63, 3.8) is 0 Å². The molecule has 1 aliphatic rings. The predicted octanol–water partition coefficient (Wildman–Crippen LogP) is 0.0293. The smallest absolute Gasteiger partial charge is 0.341 e. The summed E-state index contributed by atoms with van der Waals surface area (Å²) in [4.78, 5) is 45.0. The Labute approximate surface area is 131 Å². The van der Waals surface area contributed by atoms with Gasteiger partial charge in [0.25, 0.3) is 0 Å². The molecule has 0 fully saturated rings. The molecule has 0 aromatic heterocycles. The standard InChI is InChI=1S/C14H17NO8/c1-6-11(13(20)22-4-9(16)17)7(2)15-8(3)12(6)14(21)23-5-10(18)19/h6,15H,4-5H2,1-3H3,(H,16,17)(H,18,19). The Balaban J connectivity index is 2.97. The summed E-state index contributed by atoms with van der Waals surface area (Å²) in [5.41, 5.74) is 0.999. The maximum absolute atomic E-state index is 12.0. The minimum absolute atomic E-state index is 0.0825. The van der Waals surface area contributed by atoms with E-state index in [1.807, 2.05) is 0 Å². The van der Waals surface area contributed by atoms with E-state index in [2.05, 4.69) is 14.8 Å². The van der Waals surface area contributed by atoms with Crippen molar-refractivity contribution in [3.05, 3.63) is 22.5 Å². The second-order valence-corrected chi connectivity index (χ2v) is 4.86. The van der Waals surface area contributed by atoms with E-state index in [4.69, 9.17) is 10.2 Å². The molecular weight excluding hydrogens is 310 g/mol. The maximum Gasteiger partial charge on any atom is 0.341 e. The van der Waals surface area contributed by atoms with Crippen molar-refractivity contribution < 1.29 is 38.9 Å². The fourth-order valence-corrected chi connectivity index (χ4v) is 2.28. The lowest BCUT2D eigenvalue weighted by atomic mass is 9.87. The molecule has 0 saturated heterocycles. The molecule has 0 aliphatic carbocycles. The van der Waals surface area contributed by atoms with Gasteiger partial charge < -0.3 is 25.0 Å². The molecule has 23 heavy (non-hydrogen) atoms. The highest BCUT2D eigenvalue weighted by Gasteiger charge is 2.34. The number of carboxylic acid groups (broad SMARTS) is 2. The summed E-state index contributed by atoms with van der Waals surface area (Å²) < 4.78 is 9.28. The van der Waals surface area contributed by atoms with E-state index in [9.17, 15) is 19.2 Å². The first-order valence-electron chi connectivity index (χ1n) is 6.61. The minimum atomic E-state index is -1.30. The van der Waals surface area contributed by atoms with Crippen LogP contribution in [0.25, 0.3) is 0 Å². The molecule has 0 bridgehead atoms. The molecule has 0 saturated carbocycles. The van der Waals surface area contributed by atoms with Gasteiger partial charge in [0.15, 0.2) is 13.2 Å². The van der Waals surface area contributed by atoms with Crippen molar-refractivity contribution >= 4 is 23.9 Å². The van der Waals surface area contributed by atoms with E-state index >= 15 is 0 Å². The number of carbonyl (C=O) groups is 4. The number of nitrogens with one attached hydrogen (secondary N) is 1. The highest BCUT2D eigenvalue weighted by Crippen LogP contribution is 2.30. The molecule has 0 atom stereocenters. The van der Waals surface area contributed by atoms with Gasteiger partial charge in [0.2, 0.25) is 0 Å². The summed E-state index contributed by atoms with van der Waals surface area (Å²) in [5, 5.41) is 19.9. The van der Waals surface area contributed by atoms with E-state index in [1.165, 1.54) is 0 Å². The van der Waals surface area contributed by atoms with Crippen LogP contribution in [0.15, 0.2) is 22.5 Å². The average Bonchev–Trinajstić information content (AvgIpc) is 2.42. The number of aliphatic carboxylic acids is 2. The van der Waals surface area contributed by atoms with Crippen LogP contribution in [0.5, 0.6) is 0 Å². The number of ether oxygens (including phenoxy) is 2. The minimum Gasteiger partial charge on any atom is -0.479 e. The largest absolute Gasteiger partial charge is 0.479 e. The van der Waals surface area contributed by atoms with E-state index in [-0.39, 0.29) is 11.1 Å². The first-order chi connectivity index (χ1) is 10.6. The molecule has 0 unspecified atom stereocenters. The first-order valence-corrected chi connectivity index (χ1v) is 6.61. The molecular formula is C14H17NO8. The molecule has 1 aliphatic heterocycles. The Morgan fingerprint density at radius 1 is 0.913 bits per heavy atom. The SMILES string of the molecule is CC1=C(C(=O)OCC(=O)O)C(C)C(C(=O)OCC(=O)O)=C(C)N1. The predicted molar refractivity (Wildman–Crippen MR) is 74.9 cm³/mol. The van der Waals surface area contributed by atoms with Gasteiger partial charge in [-0.2, -0.15) is 0 Å². The lowest BCUT2D eigenvalue weighted by molar-refractivity contribution is -0.153. The molecule has 0 aromatic carbocycles. The third-order valence-electron chi connectivity index (χ3n) is 3.14. The zero-order valence-electron chi connectivity index (χ0n) is 12.8. The number of hydrogen-bond donors (Lipinski definition) is 3. The lowest BCUT2D eigenvalue weighted by Crippen LogP contribution is -2.33. The van der Waals surface area contributed by atoms with Crippen LogP contribution < -0.4 is 5.32 Å². The molecule has 0 amide bonds. The highest BCUT2D eigenvalue weighted by molar-refractivity contribution is 5.98. The van der Waals surface area contributed by atoms with Crippen molar-refractivity contribution in [2.24, 2.45) is 5.92 Å². The van der Waals surface area contributed by atoms with Gasteiger partial charge in [-0.05, 0) is 13.8 Å². The zero-order valence-corrected chi connectivity index (χ0v) is 12.8. The third-order valence-corrected chi connectivity index (χ3v) is 3.14. The number of carboxylic acids is 2. The van der Waals surface area contributed by atoms with E-state index in [0.29, 0.717) is 11.4 Å². The second kappa shape index (κ2) is 7.43. The number of dihydropyridines is 1. The lowest BCUT2D eigenvalue weighted by Gasteiger charge is -2.27. The molecule has 1 rings (SSSR count). The Kier molecular flexibility index (Phi) is 5.88. The fraction of sp³-hybridized carbons (Fsp3) is 0.429. The number of carbonyl (C=O) groups excluding carboxylic acids is 2. The quantitative estimate of drug-likeness (QED) is 0.576. The van der Waals surface area contributed by atoms with Crippen LogP contribution >= 0.6 is 0 Å². The topological polar surface area (TPSA) is 139 Å². The molecule has 126 valence electrons. The van der Waals surface area contributed by atoms with Crippen LogP contribution in [0, 0.1) is 5.92 Å². The van der Waals surface area contributed by atoms with Crippen LogP contribution in [-0.4, -0.2) is 47.3 Å².